The van der Waals surface area contributed by atoms with Crippen LogP contribution in [0.2, 0.25) is 10.0 Å². The minimum atomic E-state index is -0.886. The van der Waals surface area contributed by atoms with Crippen LogP contribution in [0.4, 0.5) is 0 Å². The number of ether oxygens (including phenoxy) is 2. The van der Waals surface area contributed by atoms with Crippen LogP contribution in [-0.4, -0.2) is 30.1 Å². The average Bonchev–Trinajstić information content (AvgIpc) is 2.69. The predicted molar refractivity (Wildman–Crippen MR) is 115 cm³/mol. The van der Waals surface area contributed by atoms with E-state index in [0.29, 0.717) is 16.5 Å². The number of nitrogens with one attached hydrogen (secondary N) is 3. The van der Waals surface area contributed by atoms with Crippen LogP contribution in [0.5, 0.6) is 11.5 Å². The highest BCUT2D eigenvalue weighted by atomic mass is 35.5. The summed E-state index contributed by atoms with van der Waals surface area (Å²) in [5, 5.41) is 3.08. The molecule has 0 aliphatic heterocycles. The summed E-state index contributed by atoms with van der Waals surface area (Å²) in [4.78, 5) is 24.1. The van der Waals surface area contributed by atoms with Crippen molar-refractivity contribution in [3.8, 4) is 11.5 Å². The number of halogens is 2. The van der Waals surface area contributed by atoms with Gasteiger partial charge in [0.25, 0.3) is 5.91 Å². The maximum atomic E-state index is 12.2. The number of carbonyl (C=O) groups excluding carboxylic acids is 2. The molecule has 0 fully saturated rings. The lowest BCUT2D eigenvalue weighted by Crippen LogP contribution is -2.51. The molecule has 0 aromatic heterocycles. The summed E-state index contributed by atoms with van der Waals surface area (Å²) < 4.78 is 10.6. The van der Waals surface area contributed by atoms with Gasteiger partial charge in [0.2, 0.25) is 5.91 Å². The van der Waals surface area contributed by atoms with E-state index >= 15 is 0 Å². The van der Waals surface area contributed by atoms with E-state index < -0.39 is 12.0 Å². The summed E-state index contributed by atoms with van der Waals surface area (Å²) in [5.41, 5.74) is 5.68. The molecule has 7 nitrogen and oxygen atoms in total. The third-order valence-corrected chi connectivity index (χ3v) is 4.38. The minimum absolute atomic E-state index is 0.0734. The Hall–Kier alpha value is -2.55. The van der Waals surface area contributed by atoms with Crippen LogP contribution >= 0.6 is 35.4 Å². The normalized spacial score (nSPS) is 11.2. The summed E-state index contributed by atoms with van der Waals surface area (Å²) in [6, 6.07) is 11.7. The second kappa shape index (κ2) is 10.8. The molecule has 2 aromatic rings. The molecule has 1 atom stereocenters. The topological polar surface area (TPSA) is 88.7 Å². The van der Waals surface area contributed by atoms with Crippen molar-refractivity contribution in [2.75, 3.05) is 7.11 Å². The van der Waals surface area contributed by atoms with Gasteiger partial charge in [0.1, 0.15) is 11.5 Å². The van der Waals surface area contributed by atoms with E-state index in [1.807, 2.05) is 0 Å². The molecule has 0 spiro atoms. The predicted octanol–water partition coefficient (Wildman–Crippen LogP) is 3.03. The Labute approximate surface area is 183 Å². The number of amides is 2. The Bertz CT molecular complexity index is 894. The van der Waals surface area contributed by atoms with Gasteiger partial charge in [0.15, 0.2) is 11.2 Å². The Kier molecular flexibility index (Phi) is 8.50. The maximum Gasteiger partial charge on any atom is 0.266 e. The molecule has 0 saturated heterocycles. The van der Waals surface area contributed by atoms with E-state index in [4.69, 9.17) is 44.9 Å². The highest BCUT2D eigenvalue weighted by Crippen LogP contribution is 2.28. The van der Waals surface area contributed by atoms with Crippen molar-refractivity contribution in [3.05, 3.63) is 58.1 Å². The van der Waals surface area contributed by atoms with Gasteiger partial charge in [-0.05, 0) is 55.0 Å². The fourth-order valence-corrected chi connectivity index (χ4v) is 2.76. The first-order chi connectivity index (χ1) is 13.8. The Morgan fingerprint density at radius 2 is 1.79 bits per heavy atom. The molecule has 3 N–H and O–H groups in total. The molecule has 2 aromatic carbocycles. The SMILES string of the molecule is COc1ccc(CC(=O)NNC(=S)NC(=O)C(C)Oc2ccc(Cl)cc2Cl)cc1. The number of methoxy groups -OCH3 is 1. The van der Waals surface area contributed by atoms with E-state index in [-0.39, 0.29) is 22.5 Å². The van der Waals surface area contributed by atoms with Crippen molar-refractivity contribution in [3.63, 3.8) is 0 Å². The van der Waals surface area contributed by atoms with Crippen molar-refractivity contribution in [2.24, 2.45) is 0 Å². The van der Waals surface area contributed by atoms with Gasteiger partial charge in [-0.15, -0.1) is 0 Å². The zero-order valence-corrected chi connectivity index (χ0v) is 18.0. The standard InChI is InChI=1S/C19H19Cl2N3O4S/c1-11(28-16-8-5-13(20)10-15(16)21)18(26)22-19(29)24-23-17(25)9-12-3-6-14(27-2)7-4-12/h3-8,10-11H,9H2,1-2H3,(H,23,25)(H2,22,24,26,29). The van der Waals surface area contributed by atoms with Crippen LogP contribution in [0.25, 0.3) is 0 Å². The maximum absolute atomic E-state index is 12.2. The van der Waals surface area contributed by atoms with E-state index in [1.165, 1.54) is 13.0 Å². The number of rotatable bonds is 6. The van der Waals surface area contributed by atoms with Crippen LogP contribution in [0.1, 0.15) is 12.5 Å². The van der Waals surface area contributed by atoms with Gasteiger partial charge in [-0.3, -0.25) is 25.8 Å². The van der Waals surface area contributed by atoms with Crippen molar-refractivity contribution in [2.45, 2.75) is 19.4 Å². The molecule has 2 amide bonds. The van der Waals surface area contributed by atoms with Gasteiger partial charge in [0.05, 0.1) is 18.6 Å². The quantitative estimate of drug-likeness (QED) is 0.458. The largest absolute Gasteiger partial charge is 0.497 e. The smallest absolute Gasteiger partial charge is 0.266 e. The summed E-state index contributed by atoms with van der Waals surface area (Å²) in [7, 11) is 1.57. The molecular formula is C19H19Cl2N3O4S. The fraction of sp³-hybridized carbons (Fsp3) is 0.211. The third kappa shape index (κ3) is 7.41. The molecule has 1 unspecified atom stereocenters. The molecule has 0 aliphatic carbocycles. The van der Waals surface area contributed by atoms with Crippen LogP contribution < -0.4 is 25.6 Å². The lowest BCUT2D eigenvalue weighted by molar-refractivity contribution is -0.126. The number of carbonyl (C=O) groups is 2. The third-order valence-electron chi connectivity index (χ3n) is 3.64. The molecule has 29 heavy (non-hydrogen) atoms. The molecule has 0 heterocycles. The number of hydrogen-bond acceptors (Lipinski definition) is 5. The second-order valence-corrected chi connectivity index (χ2v) is 7.10. The first-order valence-electron chi connectivity index (χ1n) is 8.43. The van der Waals surface area contributed by atoms with Crippen molar-refractivity contribution in [1.82, 2.24) is 16.2 Å². The molecule has 0 bridgehead atoms. The van der Waals surface area contributed by atoms with Gasteiger partial charge >= 0.3 is 0 Å². The molecule has 10 heteroatoms. The number of benzene rings is 2. The molecule has 154 valence electrons. The number of hydrazine groups is 1. The van der Waals surface area contributed by atoms with E-state index in [9.17, 15) is 9.59 Å². The first-order valence-corrected chi connectivity index (χ1v) is 9.59. The molecule has 0 radical (unpaired) electrons. The van der Waals surface area contributed by atoms with Crippen LogP contribution in [0.3, 0.4) is 0 Å². The Morgan fingerprint density at radius 1 is 1.10 bits per heavy atom. The van der Waals surface area contributed by atoms with Gasteiger partial charge in [-0.25, -0.2) is 0 Å². The van der Waals surface area contributed by atoms with Crippen molar-refractivity contribution < 1.29 is 19.1 Å². The highest BCUT2D eigenvalue weighted by Gasteiger charge is 2.17. The molecule has 2 rings (SSSR count). The molecule has 0 aliphatic rings. The molecule has 0 saturated carbocycles. The minimum Gasteiger partial charge on any atom is -0.497 e. The van der Waals surface area contributed by atoms with Gasteiger partial charge in [-0.2, -0.15) is 0 Å². The lowest BCUT2D eigenvalue weighted by atomic mass is 10.1. The van der Waals surface area contributed by atoms with E-state index in [1.54, 1.807) is 43.5 Å². The fourth-order valence-electron chi connectivity index (χ4n) is 2.16. The Balaban J connectivity index is 1.76. The van der Waals surface area contributed by atoms with Gasteiger partial charge in [-0.1, -0.05) is 35.3 Å². The monoisotopic (exact) mass is 455 g/mol. The zero-order chi connectivity index (χ0) is 21.4. The van der Waals surface area contributed by atoms with E-state index in [2.05, 4.69) is 16.2 Å². The lowest BCUT2D eigenvalue weighted by Gasteiger charge is -2.17. The number of hydrogen-bond donors (Lipinski definition) is 3. The van der Waals surface area contributed by atoms with Crippen molar-refractivity contribution >= 4 is 52.3 Å². The number of thiocarbonyl (C=S) groups is 1. The molecular weight excluding hydrogens is 437 g/mol. The van der Waals surface area contributed by atoms with Crippen LogP contribution in [0.15, 0.2) is 42.5 Å². The van der Waals surface area contributed by atoms with E-state index in [0.717, 1.165) is 5.56 Å². The van der Waals surface area contributed by atoms with Crippen LogP contribution in [0, 0.1) is 0 Å². The zero-order valence-electron chi connectivity index (χ0n) is 15.6. The average molecular weight is 456 g/mol. The Morgan fingerprint density at radius 3 is 2.41 bits per heavy atom. The summed E-state index contributed by atoms with van der Waals surface area (Å²) in [6.45, 7) is 1.53. The van der Waals surface area contributed by atoms with Gasteiger partial charge < -0.3 is 9.47 Å². The highest BCUT2D eigenvalue weighted by molar-refractivity contribution is 7.80. The van der Waals surface area contributed by atoms with Crippen molar-refractivity contribution in [1.29, 1.82) is 0 Å². The second-order valence-electron chi connectivity index (χ2n) is 5.85. The van der Waals surface area contributed by atoms with Crippen LogP contribution in [-0.2, 0) is 16.0 Å². The van der Waals surface area contributed by atoms with Gasteiger partial charge in [0, 0.05) is 5.02 Å². The summed E-state index contributed by atoms with van der Waals surface area (Å²) in [5.74, 6) is 0.166. The first kappa shape index (κ1) is 22.7. The summed E-state index contributed by atoms with van der Waals surface area (Å²) >= 11 is 16.8. The summed E-state index contributed by atoms with van der Waals surface area (Å²) in [6.07, 6.45) is -0.759.